The summed E-state index contributed by atoms with van der Waals surface area (Å²) in [5.74, 6) is -0.563. The van der Waals surface area contributed by atoms with E-state index in [-0.39, 0.29) is 16.6 Å². The van der Waals surface area contributed by atoms with Crippen LogP contribution in [0.5, 0.6) is 11.6 Å². The Hall–Kier alpha value is -2.74. The maximum atomic E-state index is 10.9. The average molecular weight is 296 g/mol. The zero-order valence-corrected chi connectivity index (χ0v) is 10.5. The van der Waals surface area contributed by atoms with Gasteiger partial charge in [-0.25, -0.2) is 0 Å². The number of benzene rings is 1. The molecule has 0 unspecified atom stereocenters. The second kappa shape index (κ2) is 5.49. The molecule has 8 nitrogen and oxygen atoms in total. The number of hydrogen-bond acceptors (Lipinski definition) is 6. The minimum atomic E-state index is -0.715. The summed E-state index contributed by atoms with van der Waals surface area (Å²) in [6.45, 7) is 0. The Balaban J connectivity index is 2.47. The molecule has 0 aliphatic carbocycles. The molecule has 0 bridgehead atoms. The summed E-state index contributed by atoms with van der Waals surface area (Å²) in [5, 5.41) is 21.7. The summed E-state index contributed by atoms with van der Waals surface area (Å²) in [6, 6.07) is 7.81. The van der Waals surface area contributed by atoms with Crippen molar-refractivity contribution in [3.8, 4) is 11.6 Å². The fraction of sp³-hybridized carbons (Fsp3) is 0. The molecule has 102 valence electrons. The van der Waals surface area contributed by atoms with Crippen molar-refractivity contribution in [2.75, 3.05) is 0 Å². The van der Waals surface area contributed by atoms with Gasteiger partial charge in [-0.05, 0) is 12.1 Å². The molecule has 0 fully saturated rings. The van der Waals surface area contributed by atoms with Gasteiger partial charge in [0.2, 0.25) is 5.75 Å². The Morgan fingerprint density at radius 3 is 2.30 bits per heavy atom. The standard InChI is InChI=1S/C11H6ClN3O5/c12-10-6-5-8(15(18)19)11(13-10)20-9-4-2-1-3-7(9)14(16)17/h1-6H. The summed E-state index contributed by atoms with van der Waals surface area (Å²) in [5.41, 5.74) is -0.767. The molecule has 1 heterocycles. The van der Waals surface area contributed by atoms with Gasteiger partial charge in [-0.2, -0.15) is 4.98 Å². The molecule has 0 aliphatic rings. The first-order chi connectivity index (χ1) is 9.49. The quantitative estimate of drug-likeness (QED) is 0.486. The second-order valence-electron chi connectivity index (χ2n) is 3.54. The predicted molar refractivity (Wildman–Crippen MR) is 69.1 cm³/mol. The van der Waals surface area contributed by atoms with Crippen LogP contribution in [0.15, 0.2) is 36.4 Å². The fourth-order valence-corrected chi connectivity index (χ4v) is 1.56. The highest BCUT2D eigenvalue weighted by molar-refractivity contribution is 6.29. The van der Waals surface area contributed by atoms with Crippen LogP contribution in [0.4, 0.5) is 11.4 Å². The van der Waals surface area contributed by atoms with E-state index in [1.54, 1.807) is 0 Å². The highest BCUT2D eigenvalue weighted by atomic mass is 35.5. The minimum Gasteiger partial charge on any atom is -0.426 e. The van der Waals surface area contributed by atoms with Gasteiger partial charge in [-0.3, -0.25) is 20.2 Å². The topological polar surface area (TPSA) is 108 Å². The average Bonchev–Trinajstić information content (AvgIpc) is 2.38. The molecule has 0 radical (unpaired) electrons. The number of hydrogen-bond donors (Lipinski definition) is 0. The Morgan fingerprint density at radius 1 is 1.00 bits per heavy atom. The first-order valence-corrected chi connectivity index (χ1v) is 5.59. The van der Waals surface area contributed by atoms with E-state index in [2.05, 4.69) is 4.98 Å². The minimum absolute atomic E-state index is 0.0239. The van der Waals surface area contributed by atoms with Crippen molar-refractivity contribution in [1.29, 1.82) is 0 Å². The molecule has 0 amide bonds. The third-order valence-electron chi connectivity index (χ3n) is 2.27. The molecule has 0 saturated heterocycles. The first-order valence-electron chi connectivity index (χ1n) is 5.21. The van der Waals surface area contributed by atoms with Crippen molar-refractivity contribution >= 4 is 23.0 Å². The number of aromatic nitrogens is 1. The highest BCUT2D eigenvalue weighted by Gasteiger charge is 2.22. The van der Waals surface area contributed by atoms with Crippen LogP contribution in [0.1, 0.15) is 0 Å². The summed E-state index contributed by atoms with van der Waals surface area (Å²) in [6.07, 6.45) is 0. The molecule has 9 heteroatoms. The van der Waals surface area contributed by atoms with Gasteiger partial charge < -0.3 is 4.74 Å². The van der Waals surface area contributed by atoms with Gasteiger partial charge >= 0.3 is 17.3 Å². The molecular formula is C11H6ClN3O5. The largest absolute Gasteiger partial charge is 0.426 e. The molecule has 1 aromatic carbocycles. The highest BCUT2D eigenvalue weighted by Crippen LogP contribution is 2.35. The van der Waals surface area contributed by atoms with Crippen molar-refractivity contribution in [2.45, 2.75) is 0 Å². The number of nitro groups is 2. The van der Waals surface area contributed by atoms with Crippen LogP contribution in [0.2, 0.25) is 5.15 Å². The van der Waals surface area contributed by atoms with E-state index in [1.807, 2.05) is 0 Å². The van der Waals surface area contributed by atoms with E-state index in [9.17, 15) is 20.2 Å². The SMILES string of the molecule is O=[N+]([O-])c1ccccc1Oc1nc(Cl)ccc1[N+](=O)[O-]. The molecular weight excluding hydrogens is 290 g/mol. The van der Waals surface area contributed by atoms with Gasteiger partial charge in [0.15, 0.2) is 0 Å². The van der Waals surface area contributed by atoms with Gasteiger partial charge in [0.05, 0.1) is 9.85 Å². The number of nitrogens with zero attached hydrogens (tertiary/aromatic N) is 3. The lowest BCUT2D eigenvalue weighted by atomic mass is 10.3. The first kappa shape index (κ1) is 13.7. The Labute approximate surface area is 116 Å². The second-order valence-corrected chi connectivity index (χ2v) is 3.93. The van der Waals surface area contributed by atoms with E-state index < -0.39 is 21.4 Å². The molecule has 0 atom stereocenters. The smallest absolute Gasteiger partial charge is 0.331 e. The summed E-state index contributed by atoms with van der Waals surface area (Å²) in [4.78, 5) is 24.0. The van der Waals surface area contributed by atoms with Gasteiger partial charge in [0.1, 0.15) is 5.15 Å². The zero-order valence-electron chi connectivity index (χ0n) is 9.72. The van der Waals surface area contributed by atoms with Crippen LogP contribution >= 0.6 is 11.6 Å². The Kier molecular flexibility index (Phi) is 3.76. The lowest BCUT2D eigenvalue weighted by Gasteiger charge is -2.05. The van der Waals surface area contributed by atoms with Gasteiger partial charge in [0, 0.05) is 12.1 Å². The Morgan fingerprint density at radius 2 is 1.65 bits per heavy atom. The van der Waals surface area contributed by atoms with E-state index in [1.165, 1.54) is 30.3 Å². The van der Waals surface area contributed by atoms with Crippen molar-refractivity contribution < 1.29 is 14.6 Å². The maximum Gasteiger partial charge on any atom is 0.331 e. The van der Waals surface area contributed by atoms with Crippen LogP contribution in [0.25, 0.3) is 0 Å². The number of rotatable bonds is 4. The summed E-state index contributed by atoms with van der Waals surface area (Å²) >= 11 is 5.64. The normalized spacial score (nSPS) is 10.1. The number of para-hydroxylation sites is 2. The zero-order chi connectivity index (χ0) is 14.7. The molecule has 2 rings (SSSR count). The van der Waals surface area contributed by atoms with Gasteiger partial charge in [0.25, 0.3) is 0 Å². The summed E-state index contributed by atoms with van der Waals surface area (Å²) in [7, 11) is 0. The van der Waals surface area contributed by atoms with E-state index in [0.717, 1.165) is 6.07 Å². The summed E-state index contributed by atoms with van der Waals surface area (Å²) < 4.78 is 5.17. The molecule has 20 heavy (non-hydrogen) atoms. The van der Waals surface area contributed by atoms with Crippen LogP contribution in [-0.2, 0) is 0 Å². The number of halogens is 1. The lowest BCUT2D eigenvalue weighted by molar-refractivity contribution is -0.387. The third kappa shape index (κ3) is 2.81. The fourth-order valence-electron chi connectivity index (χ4n) is 1.42. The van der Waals surface area contributed by atoms with E-state index in [4.69, 9.17) is 16.3 Å². The maximum absolute atomic E-state index is 10.9. The van der Waals surface area contributed by atoms with Crippen molar-refractivity contribution in [2.24, 2.45) is 0 Å². The monoisotopic (exact) mass is 295 g/mol. The van der Waals surface area contributed by atoms with Crippen molar-refractivity contribution in [3.05, 3.63) is 61.8 Å². The van der Waals surface area contributed by atoms with Crippen molar-refractivity contribution in [1.82, 2.24) is 4.98 Å². The number of nitro benzene ring substituents is 1. The van der Waals surface area contributed by atoms with Crippen molar-refractivity contribution in [3.63, 3.8) is 0 Å². The van der Waals surface area contributed by atoms with Crippen LogP contribution < -0.4 is 4.74 Å². The molecule has 0 aliphatic heterocycles. The third-order valence-corrected chi connectivity index (χ3v) is 2.48. The Bertz CT molecular complexity index is 692. The molecule has 0 N–H and O–H groups in total. The van der Waals surface area contributed by atoms with Crippen LogP contribution in [0, 0.1) is 20.2 Å². The van der Waals surface area contributed by atoms with E-state index in [0.29, 0.717) is 0 Å². The van der Waals surface area contributed by atoms with Gasteiger partial charge in [-0.1, -0.05) is 23.7 Å². The number of pyridine rings is 1. The van der Waals surface area contributed by atoms with E-state index >= 15 is 0 Å². The molecule has 0 saturated carbocycles. The number of ether oxygens (including phenoxy) is 1. The van der Waals surface area contributed by atoms with Crippen LogP contribution in [-0.4, -0.2) is 14.8 Å². The molecule has 0 spiro atoms. The van der Waals surface area contributed by atoms with Gasteiger partial charge in [-0.15, -0.1) is 0 Å². The van der Waals surface area contributed by atoms with Crippen LogP contribution in [0.3, 0.4) is 0 Å². The molecule has 2 aromatic rings. The lowest BCUT2D eigenvalue weighted by Crippen LogP contribution is -1.98. The molecule has 1 aromatic heterocycles. The predicted octanol–water partition coefficient (Wildman–Crippen LogP) is 3.34.